The maximum atomic E-state index is 13.5. The molecule has 40 heavy (non-hydrogen) atoms. The van der Waals surface area contributed by atoms with E-state index in [1.807, 2.05) is 93.6 Å². The Hall–Kier alpha value is -4.65. The minimum atomic E-state index is -0.578. The normalized spacial score (nSPS) is 11.1. The summed E-state index contributed by atoms with van der Waals surface area (Å²) in [5.74, 6) is -0.635. The van der Waals surface area contributed by atoms with Gasteiger partial charge in [0.2, 0.25) is 0 Å². The summed E-state index contributed by atoms with van der Waals surface area (Å²) >= 11 is 0. The molecule has 0 atom stereocenters. The van der Waals surface area contributed by atoms with E-state index in [0.29, 0.717) is 30.0 Å². The van der Waals surface area contributed by atoms with Crippen molar-refractivity contribution in [1.82, 2.24) is 5.32 Å². The second kappa shape index (κ2) is 12.5. The van der Waals surface area contributed by atoms with E-state index < -0.39 is 11.7 Å². The van der Waals surface area contributed by atoms with E-state index in [4.69, 9.17) is 9.47 Å². The first-order valence-corrected chi connectivity index (χ1v) is 13.3. The van der Waals surface area contributed by atoms with Gasteiger partial charge >= 0.3 is 12.1 Å². The Balaban J connectivity index is 1.62. The van der Waals surface area contributed by atoms with Crippen molar-refractivity contribution >= 4 is 34.4 Å². The van der Waals surface area contributed by atoms with Gasteiger partial charge in [0, 0.05) is 17.8 Å². The molecule has 0 spiro atoms. The van der Waals surface area contributed by atoms with Gasteiger partial charge in [0.1, 0.15) is 5.60 Å². The molecule has 0 aliphatic heterocycles. The highest BCUT2D eigenvalue weighted by Gasteiger charge is 2.17. The van der Waals surface area contributed by atoms with E-state index in [0.717, 1.165) is 27.5 Å². The molecular weight excluding hydrogens is 504 g/mol. The van der Waals surface area contributed by atoms with Crippen LogP contribution < -0.4 is 10.6 Å². The molecule has 0 unspecified atom stereocenters. The summed E-state index contributed by atoms with van der Waals surface area (Å²) in [4.78, 5) is 37.7. The summed E-state index contributed by atoms with van der Waals surface area (Å²) in [5.41, 5.74) is 3.85. The highest BCUT2D eigenvalue weighted by Crippen LogP contribution is 2.31. The van der Waals surface area contributed by atoms with Crippen LogP contribution >= 0.6 is 0 Å². The van der Waals surface area contributed by atoms with E-state index in [1.54, 1.807) is 19.1 Å². The van der Waals surface area contributed by atoms with Crippen molar-refractivity contribution in [3.8, 4) is 11.1 Å². The summed E-state index contributed by atoms with van der Waals surface area (Å²) < 4.78 is 10.4. The van der Waals surface area contributed by atoms with Crippen LogP contribution in [0.15, 0.2) is 84.9 Å². The van der Waals surface area contributed by atoms with Crippen LogP contribution in [0.3, 0.4) is 0 Å². The molecule has 0 radical (unpaired) electrons. The minimum absolute atomic E-state index is 0.0669. The number of anilines is 1. The molecule has 2 amide bonds. The average Bonchev–Trinajstić information content (AvgIpc) is 2.91. The number of hydrogen-bond acceptors (Lipinski definition) is 5. The smallest absolute Gasteiger partial charge is 0.407 e. The number of carbonyl (C=O) groups excluding carboxylic acids is 3. The second-order valence-corrected chi connectivity index (χ2v) is 10.4. The molecule has 0 fully saturated rings. The van der Waals surface area contributed by atoms with Crippen molar-refractivity contribution in [1.29, 1.82) is 0 Å². The second-order valence-electron chi connectivity index (χ2n) is 10.4. The fourth-order valence-electron chi connectivity index (χ4n) is 4.38. The lowest BCUT2D eigenvalue weighted by molar-refractivity contribution is -0.142. The third-order valence-electron chi connectivity index (χ3n) is 6.10. The van der Waals surface area contributed by atoms with Gasteiger partial charge in [0.15, 0.2) is 0 Å². The number of rotatable bonds is 8. The predicted molar refractivity (Wildman–Crippen MR) is 157 cm³/mol. The minimum Gasteiger partial charge on any atom is -0.466 e. The van der Waals surface area contributed by atoms with E-state index >= 15 is 0 Å². The molecule has 0 aromatic heterocycles. The van der Waals surface area contributed by atoms with Crippen LogP contribution in [-0.2, 0) is 27.2 Å². The molecule has 7 heteroatoms. The fraction of sp³-hybridized carbons (Fsp3) is 0.242. The lowest BCUT2D eigenvalue weighted by Gasteiger charge is -2.19. The Morgan fingerprint density at radius 2 is 1.60 bits per heavy atom. The van der Waals surface area contributed by atoms with Crippen LogP contribution in [0.1, 0.15) is 49.2 Å². The molecular formula is C33H34N2O5. The zero-order valence-electron chi connectivity index (χ0n) is 23.2. The van der Waals surface area contributed by atoms with E-state index in [-0.39, 0.29) is 18.3 Å². The summed E-state index contributed by atoms with van der Waals surface area (Å²) in [6, 6.07) is 26.7. The Kier molecular flexibility index (Phi) is 8.84. The number of carbonyl (C=O) groups is 3. The first kappa shape index (κ1) is 28.4. The molecule has 0 saturated carbocycles. The number of fused-ring (bicyclic) bond motifs is 1. The van der Waals surface area contributed by atoms with Crippen molar-refractivity contribution in [2.75, 3.05) is 11.9 Å². The number of hydrogen-bond donors (Lipinski definition) is 2. The van der Waals surface area contributed by atoms with Gasteiger partial charge in [-0.05, 0) is 85.0 Å². The van der Waals surface area contributed by atoms with Crippen LogP contribution in [0.4, 0.5) is 10.5 Å². The largest absolute Gasteiger partial charge is 0.466 e. The molecule has 0 saturated heterocycles. The number of ether oxygens (including phenoxy) is 2. The topological polar surface area (TPSA) is 93.7 Å². The summed E-state index contributed by atoms with van der Waals surface area (Å²) in [5, 5.41) is 7.69. The van der Waals surface area contributed by atoms with Gasteiger partial charge in [-0.15, -0.1) is 0 Å². The van der Waals surface area contributed by atoms with Gasteiger partial charge in [-0.25, -0.2) is 4.79 Å². The van der Waals surface area contributed by atoms with Gasteiger partial charge in [0.05, 0.1) is 13.0 Å². The van der Waals surface area contributed by atoms with Gasteiger partial charge in [-0.3, -0.25) is 9.59 Å². The maximum Gasteiger partial charge on any atom is 0.407 e. The van der Waals surface area contributed by atoms with Crippen LogP contribution in [-0.4, -0.2) is 30.2 Å². The SMILES string of the molecule is CCOC(=O)Cc1ccccc1NC(=O)c1cc(-c2cccc(CNC(=O)OC(C)(C)C)c2)c2ccccc2c1. The number of alkyl carbamates (subject to hydrolysis) is 1. The number of nitrogens with one attached hydrogen (secondary N) is 2. The quantitative estimate of drug-likeness (QED) is 0.238. The summed E-state index contributed by atoms with van der Waals surface area (Å²) in [6.45, 7) is 7.82. The van der Waals surface area contributed by atoms with Crippen molar-refractivity contribution in [2.45, 2.75) is 46.3 Å². The van der Waals surface area contributed by atoms with Crippen molar-refractivity contribution < 1.29 is 23.9 Å². The van der Waals surface area contributed by atoms with Crippen LogP contribution in [0.5, 0.6) is 0 Å². The van der Waals surface area contributed by atoms with Crippen LogP contribution in [0.25, 0.3) is 21.9 Å². The molecule has 0 aliphatic carbocycles. The van der Waals surface area contributed by atoms with Crippen molar-refractivity contribution in [3.63, 3.8) is 0 Å². The zero-order valence-corrected chi connectivity index (χ0v) is 23.2. The van der Waals surface area contributed by atoms with Gasteiger partial charge < -0.3 is 20.1 Å². The summed E-state index contributed by atoms with van der Waals surface area (Å²) in [6.07, 6.45) is -0.414. The molecule has 4 rings (SSSR count). The van der Waals surface area contributed by atoms with E-state index in [1.165, 1.54) is 0 Å². The predicted octanol–water partition coefficient (Wildman–Crippen LogP) is 6.89. The first-order chi connectivity index (χ1) is 19.1. The number of benzene rings is 4. The fourth-order valence-corrected chi connectivity index (χ4v) is 4.38. The number of para-hydroxylation sites is 1. The van der Waals surface area contributed by atoms with Crippen LogP contribution in [0.2, 0.25) is 0 Å². The Bertz CT molecular complexity index is 1540. The van der Waals surface area contributed by atoms with Crippen molar-refractivity contribution in [3.05, 3.63) is 102 Å². The van der Waals surface area contributed by atoms with Gasteiger partial charge in [0.25, 0.3) is 5.91 Å². The molecule has 0 heterocycles. The maximum absolute atomic E-state index is 13.5. The zero-order chi connectivity index (χ0) is 28.7. The molecule has 4 aromatic carbocycles. The lowest BCUT2D eigenvalue weighted by atomic mass is 9.94. The first-order valence-electron chi connectivity index (χ1n) is 13.3. The highest BCUT2D eigenvalue weighted by atomic mass is 16.6. The Labute approximate surface area is 234 Å². The molecule has 0 bridgehead atoms. The molecule has 7 nitrogen and oxygen atoms in total. The number of esters is 1. The monoisotopic (exact) mass is 538 g/mol. The third kappa shape index (κ3) is 7.47. The lowest BCUT2D eigenvalue weighted by Crippen LogP contribution is -2.32. The van der Waals surface area contributed by atoms with Crippen molar-refractivity contribution in [2.24, 2.45) is 0 Å². The Morgan fingerprint density at radius 1 is 0.850 bits per heavy atom. The molecule has 4 aromatic rings. The Morgan fingerprint density at radius 3 is 2.38 bits per heavy atom. The highest BCUT2D eigenvalue weighted by molar-refractivity contribution is 6.10. The average molecular weight is 539 g/mol. The number of amides is 2. The van der Waals surface area contributed by atoms with E-state index in [2.05, 4.69) is 10.6 Å². The van der Waals surface area contributed by atoms with E-state index in [9.17, 15) is 14.4 Å². The van der Waals surface area contributed by atoms with Crippen LogP contribution in [0, 0.1) is 0 Å². The molecule has 2 N–H and O–H groups in total. The summed E-state index contributed by atoms with van der Waals surface area (Å²) in [7, 11) is 0. The van der Waals surface area contributed by atoms with Gasteiger partial charge in [-0.1, -0.05) is 60.7 Å². The standard InChI is InChI=1S/C33H34N2O5/c1-5-39-30(36)20-25-13-7-9-16-29(25)35-31(37)26-18-24-12-6-8-15-27(24)28(19-26)23-14-10-11-22(17-23)21-34-32(38)40-33(2,3)4/h6-19H,5,20-21H2,1-4H3,(H,34,38)(H,35,37). The molecule has 0 aliphatic rings. The third-order valence-corrected chi connectivity index (χ3v) is 6.10. The molecule has 206 valence electrons. The van der Waals surface area contributed by atoms with Gasteiger partial charge in [-0.2, -0.15) is 0 Å².